The van der Waals surface area contributed by atoms with Gasteiger partial charge in [-0.2, -0.15) is 4.31 Å². The third kappa shape index (κ3) is 5.33. The van der Waals surface area contributed by atoms with E-state index >= 15 is 0 Å². The minimum absolute atomic E-state index is 0.0553. The summed E-state index contributed by atoms with van der Waals surface area (Å²) in [4.78, 5) is 24.9. The second kappa shape index (κ2) is 10.3. The zero-order valence-electron chi connectivity index (χ0n) is 19.8. The molecule has 8 heteroatoms. The van der Waals surface area contributed by atoms with E-state index in [0.717, 1.165) is 42.4 Å². The number of hydrogen-bond donors (Lipinski definition) is 2. The van der Waals surface area contributed by atoms with Crippen molar-refractivity contribution in [2.24, 2.45) is 0 Å². The summed E-state index contributed by atoms with van der Waals surface area (Å²) >= 11 is 0. The Morgan fingerprint density at radius 2 is 1.79 bits per heavy atom. The number of benzene rings is 2. The Labute approximate surface area is 202 Å². The van der Waals surface area contributed by atoms with Gasteiger partial charge in [-0.05, 0) is 55.0 Å². The summed E-state index contributed by atoms with van der Waals surface area (Å²) in [5.41, 5.74) is 2.96. The van der Waals surface area contributed by atoms with Crippen LogP contribution in [0.4, 0.5) is 5.69 Å². The molecule has 0 spiro atoms. The summed E-state index contributed by atoms with van der Waals surface area (Å²) in [5, 5.41) is 5.79. The molecular formula is C26H33N3O4S. The molecule has 4 rings (SSSR count). The number of fused-ring (bicyclic) bond motifs is 1. The van der Waals surface area contributed by atoms with Gasteiger partial charge >= 0.3 is 0 Å². The molecule has 1 fully saturated rings. The van der Waals surface area contributed by atoms with Crippen LogP contribution >= 0.6 is 0 Å². The second-order valence-electron chi connectivity index (χ2n) is 9.37. The summed E-state index contributed by atoms with van der Waals surface area (Å²) in [7, 11) is -3.99. The van der Waals surface area contributed by atoms with Crippen LogP contribution in [-0.2, 0) is 26.0 Å². The zero-order chi connectivity index (χ0) is 24.3. The lowest BCUT2D eigenvalue weighted by Gasteiger charge is -2.37. The average Bonchev–Trinajstić information content (AvgIpc) is 2.80. The average molecular weight is 484 g/mol. The lowest BCUT2D eigenvalue weighted by Crippen LogP contribution is -2.44. The van der Waals surface area contributed by atoms with Crippen LogP contribution in [0.5, 0.6) is 0 Å². The van der Waals surface area contributed by atoms with E-state index in [9.17, 15) is 18.0 Å². The molecule has 1 aliphatic carbocycles. The second-order valence-corrected chi connectivity index (χ2v) is 11.2. The van der Waals surface area contributed by atoms with Crippen molar-refractivity contribution in [2.75, 3.05) is 11.9 Å². The first-order valence-electron chi connectivity index (χ1n) is 12.0. The predicted molar refractivity (Wildman–Crippen MR) is 132 cm³/mol. The molecule has 0 aromatic heterocycles. The maximum absolute atomic E-state index is 14.0. The number of sulfonamides is 1. The van der Waals surface area contributed by atoms with Gasteiger partial charge in [0.05, 0.1) is 11.7 Å². The van der Waals surface area contributed by atoms with Gasteiger partial charge < -0.3 is 10.6 Å². The summed E-state index contributed by atoms with van der Waals surface area (Å²) in [6, 6.07) is 12.3. The molecule has 1 atom stereocenters. The molecule has 7 nitrogen and oxygen atoms in total. The van der Waals surface area contributed by atoms with Crippen molar-refractivity contribution in [3.05, 3.63) is 59.2 Å². The minimum Gasteiger partial charge on any atom is -0.353 e. The number of hydrogen-bond acceptors (Lipinski definition) is 4. The fraction of sp³-hybridized carbons (Fsp3) is 0.462. The summed E-state index contributed by atoms with van der Waals surface area (Å²) in [5.74, 6) is -0.465. The number of nitrogens with one attached hydrogen (secondary N) is 2. The van der Waals surface area contributed by atoms with Crippen LogP contribution < -0.4 is 10.6 Å². The molecule has 34 heavy (non-hydrogen) atoms. The topological polar surface area (TPSA) is 95.6 Å². The van der Waals surface area contributed by atoms with E-state index in [2.05, 4.69) is 10.6 Å². The molecule has 0 saturated heterocycles. The third-order valence-electron chi connectivity index (χ3n) is 6.75. The highest BCUT2D eigenvalue weighted by Crippen LogP contribution is 2.38. The van der Waals surface area contributed by atoms with Crippen LogP contribution in [0.1, 0.15) is 68.2 Å². The molecule has 2 N–H and O–H groups in total. The van der Waals surface area contributed by atoms with Gasteiger partial charge in [-0.25, -0.2) is 8.42 Å². The van der Waals surface area contributed by atoms with Crippen LogP contribution in [0.3, 0.4) is 0 Å². The molecule has 2 aliphatic rings. The summed E-state index contributed by atoms with van der Waals surface area (Å²) in [6.07, 6.45) is 5.98. The Balaban J connectivity index is 1.68. The van der Waals surface area contributed by atoms with Crippen molar-refractivity contribution in [2.45, 2.75) is 75.8 Å². The highest BCUT2D eigenvalue weighted by atomic mass is 32.2. The monoisotopic (exact) mass is 483 g/mol. The molecule has 2 aromatic rings. The normalized spacial score (nSPS) is 19.3. The van der Waals surface area contributed by atoms with E-state index in [-0.39, 0.29) is 41.4 Å². The van der Waals surface area contributed by atoms with Gasteiger partial charge in [-0.1, -0.05) is 49.6 Å². The Morgan fingerprint density at radius 3 is 2.53 bits per heavy atom. The van der Waals surface area contributed by atoms with Crippen molar-refractivity contribution in [1.82, 2.24) is 9.62 Å². The maximum atomic E-state index is 14.0. The van der Waals surface area contributed by atoms with Crippen molar-refractivity contribution in [1.29, 1.82) is 0 Å². The Hall–Kier alpha value is -2.71. The van der Waals surface area contributed by atoms with Gasteiger partial charge in [0.25, 0.3) is 0 Å². The molecule has 1 aliphatic heterocycles. The summed E-state index contributed by atoms with van der Waals surface area (Å²) in [6.45, 7) is 3.44. The molecule has 182 valence electrons. The first-order valence-corrected chi connectivity index (χ1v) is 13.5. The quantitative estimate of drug-likeness (QED) is 0.647. The molecular weight excluding hydrogens is 450 g/mol. The van der Waals surface area contributed by atoms with Crippen molar-refractivity contribution < 1.29 is 18.0 Å². The fourth-order valence-corrected chi connectivity index (χ4v) is 6.94. The van der Waals surface area contributed by atoms with Crippen LogP contribution in [0, 0.1) is 6.92 Å². The SMILES string of the molecule is CC(=O)Nc1ccc(C)cc1S(=O)(=O)N1CCc2ccccc2C1CC(=O)NC1CCCCC1. The highest BCUT2D eigenvalue weighted by molar-refractivity contribution is 7.89. The number of aryl methyl sites for hydroxylation is 1. The first kappa shape index (κ1) is 24.4. The van der Waals surface area contributed by atoms with Gasteiger partial charge in [0.2, 0.25) is 21.8 Å². The van der Waals surface area contributed by atoms with E-state index in [1.165, 1.54) is 17.6 Å². The first-order chi connectivity index (χ1) is 16.3. The number of nitrogens with zero attached hydrogens (tertiary/aromatic N) is 1. The molecule has 2 aromatic carbocycles. The van der Waals surface area contributed by atoms with E-state index in [4.69, 9.17) is 0 Å². The van der Waals surface area contributed by atoms with Gasteiger partial charge in [-0.3, -0.25) is 9.59 Å². The Bertz CT molecular complexity index is 1170. The van der Waals surface area contributed by atoms with E-state index < -0.39 is 16.1 Å². The number of carbonyl (C=O) groups is 2. The lowest BCUT2D eigenvalue weighted by atomic mass is 9.91. The third-order valence-corrected chi connectivity index (χ3v) is 8.69. The smallest absolute Gasteiger partial charge is 0.245 e. The lowest BCUT2D eigenvalue weighted by molar-refractivity contribution is -0.123. The fourth-order valence-electron chi connectivity index (χ4n) is 5.10. The van der Waals surface area contributed by atoms with Crippen LogP contribution in [0.2, 0.25) is 0 Å². The van der Waals surface area contributed by atoms with Crippen molar-refractivity contribution in [3.8, 4) is 0 Å². The van der Waals surface area contributed by atoms with Gasteiger partial charge in [0, 0.05) is 25.9 Å². The molecule has 1 heterocycles. The van der Waals surface area contributed by atoms with E-state index in [1.54, 1.807) is 18.2 Å². The largest absolute Gasteiger partial charge is 0.353 e. The maximum Gasteiger partial charge on any atom is 0.245 e. The number of rotatable bonds is 6. The molecule has 2 amide bonds. The standard InChI is InChI=1S/C26H33N3O4S/c1-18-12-13-23(27-19(2)30)25(16-18)34(32,33)29-15-14-20-8-6-7-11-22(20)24(29)17-26(31)28-21-9-4-3-5-10-21/h6-8,11-13,16,21,24H,3-5,9-10,14-15,17H2,1-2H3,(H,27,30)(H,28,31). The molecule has 1 saturated carbocycles. The Morgan fingerprint density at radius 1 is 1.06 bits per heavy atom. The van der Waals surface area contributed by atoms with E-state index in [0.29, 0.717) is 6.42 Å². The van der Waals surface area contributed by atoms with Crippen LogP contribution in [0.25, 0.3) is 0 Å². The zero-order valence-corrected chi connectivity index (χ0v) is 20.7. The van der Waals surface area contributed by atoms with Gasteiger partial charge in [0.15, 0.2) is 0 Å². The van der Waals surface area contributed by atoms with Crippen molar-refractivity contribution >= 4 is 27.5 Å². The van der Waals surface area contributed by atoms with Gasteiger partial charge in [0.1, 0.15) is 4.90 Å². The van der Waals surface area contributed by atoms with Crippen LogP contribution in [-0.4, -0.2) is 37.1 Å². The van der Waals surface area contributed by atoms with E-state index in [1.807, 2.05) is 31.2 Å². The van der Waals surface area contributed by atoms with Crippen molar-refractivity contribution in [3.63, 3.8) is 0 Å². The van der Waals surface area contributed by atoms with Gasteiger partial charge in [-0.15, -0.1) is 0 Å². The summed E-state index contributed by atoms with van der Waals surface area (Å²) < 4.78 is 29.4. The minimum atomic E-state index is -3.99. The predicted octanol–water partition coefficient (Wildman–Crippen LogP) is 4.08. The Kier molecular flexibility index (Phi) is 7.38. The molecule has 0 bridgehead atoms. The van der Waals surface area contributed by atoms with Crippen LogP contribution in [0.15, 0.2) is 47.4 Å². The highest BCUT2D eigenvalue weighted by Gasteiger charge is 2.39. The number of amides is 2. The number of anilines is 1. The number of carbonyl (C=O) groups excluding carboxylic acids is 2. The molecule has 1 unspecified atom stereocenters. The molecule has 0 radical (unpaired) electrons.